The Kier molecular flexibility index (Phi) is 4.71. The molecule has 0 unspecified atom stereocenters. The van der Waals surface area contributed by atoms with Gasteiger partial charge in [0.1, 0.15) is 0 Å². The van der Waals surface area contributed by atoms with Gasteiger partial charge in [-0.3, -0.25) is 0 Å². The number of hydrogen-bond acceptors (Lipinski definition) is 4. The average Bonchev–Trinajstić information content (AvgIpc) is 2.24. The monoisotopic (exact) mass is 224 g/mol. The van der Waals surface area contributed by atoms with Crippen molar-refractivity contribution in [3.8, 4) is 5.88 Å². The lowest BCUT2D eigenvalue weighted by Crippen LogP contribution is -2.26. The standard InChI is InChI=1S/C12H20N2O2/c1-12(2,15)6-7-13-8-10-4-5-11(16-3)14-9-10/h4-5,9,13,15H,6-8H2,1-3H3. The number of nitrogens with zero attached hydrogens (tertiary/aromatic N) is 1. The molecular weight excluding hydrogens is 204 g/mol. The van der Waals surface area contributed by atoms with E-state index in [-0.39, 0.29) is 0 Å². The zero-order valence-corrected chi connectivity index (χ0v) is 10.2. The van der Waals surface area contributed by atoms with Crippen molar-refractivity contribution in [2.75, 3.05) is 13.7 Å². The SMILES string of the molecule is COc1ccc(CNCCC(C)(C)O)cn1. The highest BCUT2D eigenvalue weighted by Crippen LogP contribution is 2.07. The fourth-order valence-electron chi connectivity index (χ4n) is 1.26. The van der Waals surface area contributed by atoms with Crippen molar-refractivity contribution in [2.45, 2.75) is 32.4 Å². The predicted molar refractivity (Wildman–Crippen MR) is 63.4 cm³/mol. The van der Waals surface area contributed by atoms with Crippen molar-refractivity contribution in [3.05, 3.63) is 23.9 Å². The highest BCUT2D eigenvalue weighted by Gasteiger charge is 2.10. The predicted octanol–water partition coefficient (Wildman–Crippen LogP) is 1.34. The van der Waals surface area contributed by atoms with E-state index in [2.05, 4.69) is 10.3 Å². The molecule has 1 rings (SSSR count). The molecule has 2 N–H and O–H groups in total. The van der Waals surface area contributed by atoms with E-state index < -0.39 is 5.60 Å². The second-order valence-electron chi connectivity index (χ2n) is 4.45. The molecule has 4 heteroatoms. The Morgan fingerprint density at radius 1 is 1.44 bits per heavy atom. The second-order valence-corrected chi connectivity index (χ2v) is 4.45. The van der Waals surface area contributed by atoms with Crippen LogP contribution in [0.25, 0.3) is 0 Å². The summed E-state index contributed by atoms with van der Waals surface area (Å²) < 4.78 is 4.97. The van der Waals surface area contributed by atoms with Crippen LogP contribution in [0.3, 0.4) is 0 Å². The van der Waals surface area contributed by atoms with Crippen LogP contribution in [0.15, 0.2) is 18.3 Å². The van der Waals surface area contributed by atoms with Crippen molar-refractivity contribution in [3.63, 3.8) is 0 Å². The van der Waals surface area contributed by atoms with Gasteiger partial charge in [-0.05, 0) is 32.4 Å². The Bertz CT molecular complexity index is 304. The second kappa shape index (κ2) is 5.82. The molecule has 1 aromatic rings. The zero-order valence-electron chi connectivity index (χ0n) is 10.2. The lowest BCUT2D eigenvalue weighted by atomic mass is 10.1. The van der Waals surface area contributed by atoms with Crippen molar-refractivity contribution >= 4 is 0 Å². The third kappa shape index (κ3) is 5.09. The molecule has 0 spiro atoms. The van der Waals surface area contributed by atoms with Crippen LogP contribution in [0.1, 0.15) is 25.8 Å². The molecule has 1 heterocycles. The highest BCUT2D eigenvalue weighted by atomic mass is 16.5. The van der Waals surface area contributed by atoms with Gasteiger partial charge in [0.15, 0.2) is 0 Å². The summed E-state index contributed by atoms with van der Waals surface area (Å²) in [6.45, 7) is 5.16. The first kappa shape index (κ1) is 12.9. The van der Waals surface area contributed by atoms with E-state index in [0.29, 0.717) is 5.88 Å². The van der Waals surface area contributed by atoms with E-state index >= 15 is 0 Å². The smallest absolute Gasteiger partial charge is 0.212 e. The third-order valence-corrected chi connectivity index (χ3v) is 2.25. The van der Waals surface area contributed by atoms with Gasteiger partial charge in [-0.1, -0.05) is 6.07 Å². The minimum absolute atomic E-state index is 0.606. The molecule has 0 aliphatic carbocycles. The van der Waals surface area contributed by atoms with Crippen molar-refractivity contribution in [1.29, 1.82) is 0 Å². The van der Waals surface area contributed by atoms with E-state index in [1.807, 2.05) is 26.0 Å². The van der Waals surface area contributed by atoms with E-state index in [1.165, 1.54) is 0 Å². The first-order chi connectivity index (χ1) is 7.51. The summed E-state index contributed by atoms with van der Waals surface area (Å²) in [6.07, 6.45) is 2.52. The molecule has 90 valence electrons. The van der Waals surface area contributed by atoms with Crippen LogP contribution in [0.4, 0.5) is 0 Å². The van der Waals surface area contributed by atoms with E-state index in [9.17, 15) is 5.11 Å². The number of pyridine rings is 1. The summed E-state index contributed by atoms with van der Waals surface area (Å²) in [6, 6.07) is 3.82. The maximum atomic E-state index is 9.51. The number of nitrogens with one attached hydrogen (secondary N) is 1. The minimum atomic E-state index is -0.606. The Balaban J connectivity index is 2.27. The van der Waals surface area contributed by atoms with Gasteiger partial charge < -0.3 is 15.2 Å². The van der Waals surface area contributed by atoms with Crippen molar-refractivity contribution in [2.24, 2.45) is 0 Å². The molecular formula is C12H20N2O2. The number of aromatic nitrogens is 1. The number of aliphatic hydroxyl groups is 1. The van der Waals surface area contributed by atoms with Gasteiger partial charge in [-0.15, -0.1) is 0 Å². The summed E-state index contributed by atoms with van der Waals surface area (Å²) in [5.74, 6) is 0.625. The third-order valence-electron chi connectivity index (χ3n) is 2.25. The molecule has 0 aliphatic heterocycles. The molecule has 0 saturated carbocycles. The zero-order chi connectivity index (χ0) is 12.0. The van der Waals surface area contributed by atoms with Crippen molar-refractivity contribution in [1.82, 2.24) is 10.3 Å². The van der Waals surface area contributed by atoms with Crippen LogP contribution in [0, 0.1) is 0 Å². The van der Waals surface area contributed by atoms with Crippen LogP contribution < -0.4 is 10.1 Å². The molecule has 0 atom stereocenters. The lowest BCUT2D eigenvalue weighted by molar-refractivity contribution is 0.0711. The first-order valence-electron chi connectivity index (χ1n) is 5.43. The van der Waals surface area contributed by atoms with E-state index in [0.717, 1.165) is 25.1 Å². The highest BCUT2D eigenvalue weighted by molar-refractivity contribution is 5.17. The maximum Gasteiger partial charge on any atom is 0.212 e. The van der Waals surface area contributed by atoms with Gasteiger partial charge in [0.05, 0.1) is 12.7 Å². The topological polar surface area (TPSA) is 54.4 Å². The summed E-state index contributed by atoms with van der Waals surface area (Å²) in [4.78, 5) is 4.11. The van der Waals surface area contributed by atoms with Gasteiger partial charge in [-0.2, -0.15) is 0 Å². The molecule has 0 fully saturated rings. The van der Waals surface area contributed by atoms with Gasteiger partial charge in [0.25, 0.3) is 0 Å². The number of rotatable bonds is 6. The molecule has 4 nitrogen and oxygen atoms in total. The van der Waals surface area contributed by atoms with Gasteiger partial charge in [0.2, 0.25) is 5.88 Å². The molecule has 1 aromatic heterocycles. The number of ether oxygens (including phenoxy) is 1. The lowest BCUT2D eigenvalue weighted by Gasteiger charge is -2.16. The number of methoxy groups -OCH3 is 1. The molecule has 0 aromatic carbocycles. The first-order valence-corrected chi connectivity index (χ1v) is 5.43. The molecule has 16 heavy (non-hydrogen) atoms. The molecule has 0 bridgehead atoms. The Morgan fingerprint density at radius 3 is 2.69 bits per heavy atom. The Morgan fingerprint density at radius 2 is 2.19 bits per heavy atom. The van der Waals surface area contributed by atoms with E-state index in [4.69, 9.17) is 4.74 Å². The molecule has 0 aliphatic rings. The van der Waals surface area contributed by atoms with Gasteiger partial charge in [-0.25, -0.2) is 4.98 Å². The average molecular weight is 224 g/mol. The van der Waals surface area contributed by atoms with Crippen molar-refractivity contribution < 1.29 is 9.84 Å². The van der Waals surface area contributed by atoms with Crippen LogP contribution in [0.2, 0.25) is 0 Å². The van der Waals surface area contributed by atoms with Crippen LogP contribution in [0.5, 0.6) is 5.88 Å². The fourth-order valence-corrected chi connectivity index (χ4v) is 1.26. The summed E-state index contributed by atoms with van der Waals surface area (Å²) >= 11 is 0. The Labute approximate surface area is 96.7 Å². The number of hydrogen-bond donors (Lipinski definition) is 2. The normalized spacial score (nSPS) is 11.5. The van der Waals surface area contributed by atoms with Gasteiger partial charge in [0, 0.05) is 18.8 Å². The van der Waals surface area contributed by atoms with Crippen LogP contribution >= 0.6 is 0 Å². The summed E-state index contributed by atoms with van der Waals surface area (Å²) in [5, 5.41) is 12.8. The van der Waals surface area contributed by atoms with Gasteiger partial charge >= 0.3 is 0 Å². The molecule has 0 saturated heterocycles. The minimum Gasteiger partial charge on any atom is -0.481 e. The van der Waals surface area contributed by atoms with E-state index in [1.54, 1.807) is 13.3 Å². The van der Waals surface area contributed by atoms with Crippen LogP contribution in [-0.2, 0) is 6.54 Å². The summed E-state index contributed by atoms with van der Waals surface area (Å²) in [7, 11) is 1.60. The summed E-state index contributed by atoms with van der Waals surface area (Å²) in [5.41, 5.74) is 0.502. The Hall–Kier alpha value is -1.13. The molecule has 0 amide bonds. The largest absolute Gasteiger partial charge is 0.481 e. The molecule has 0 radical (unpaired) electrons. The van der Waals surface area contributed by atoms with Crippen LogP contribution in [-0.4, -0.2) is 29.3 Å². The maximum absolute atomic E-state index is 9.51. The fraction of sp³-hybridized carbons (Fsp3) is 0.583. The quantitative estimate of drug-likeness (QED) is 0.716.